The number of thiocarbonyl (C=S) groups is 1. The lowest BCUT2D eigenvalue weighted by Gasteiger charge is -2.29. The van der Waals surface area contributed by atoms with Crippen LogP contribution in [-0.4, -0.2) is 39.9 Å². The van der Waals surface area contributed by atoms with Crippen LogP contribution in [0.1, 0.15) is 37.9 Å². The molecule has 2 aromatic rings. The van der Waals surface area contributed by atoms with E-state index in [2.05, 4.69) is 4.98 Å². The number of unbranched alkanes of at least 4 members (excludes halogenated alkanes) is 1. The van der Waals surface area contributed by atoms with E-state index >= 15 is 0 Å². The zero-order valence-corrected chi connectivity index (χ0v) is 19.0. The second kappa shape index (κ2) is 9.52. The number of anilines is 2. The van der Waals surface area contributed by atoms with Crippen molar-refractivity contribution in [2.75, 3.05) is 23.0 Å². The van der Waals surface area contributed by atoms with E-state index in [0.717, 1.165) is 17.2 Å². The molecule has 180 valence electrons. The van der Waals surface area contributed by atoms with Crippen molar-refractivity contribution in [3.05, 3.63) is 47.5 Å². The number of alkyl halides is 3. The fourth-order valence-electron chi connectivity index (χ4n) is 3.48. The Kier molecular flexibility index (Phi) is 7.09. The van der Waals surface area contributed by atoms with E-state index in [4.69, 9.17) is 27.3 Å². The van der Waals surface area contributed by atoms with Gasteiger partial charge in [0.25, 0.3) is 5.91 Å². The lowest BCUT2D eigenvalue weighted by atomic mass is 10.0. The molecule has 0 unspecified atom stereocenters. The number of benzene rings is 1. The Labute approximate surface area is 198 Å². The summed E-state index contributed by atoms with van der Waals surface area (Å²) in [5, 5.41) is 17.6. The Balaban J connectivity index is 1.96. The minimum Gasteiger partial charge on any atom is -0.491 e. The van der Waals surface area contributed by atoms with Crippen LogP contribution in [-0.2, 0) is 11.0 Å². The summed E-state index contributed by atoms with van der Waals surface area (Å²) in [7, 11) is 0. The van der Waals surface area contributed by atoms with E-state index < -0.39 is 34.7 Å². The van der Waals surface area contributed by atoms with Gasteiger partial charge >= 0.3 is 6.18 Å². The molecule has 1 fully saturated rings. The Morgan fingerprint density at radius 1 is 1.24 bits per heavy atom. The number of amides is 1. The molecule has 0 bridgehead atoms. The number of ether oxygens (including phenoxy) is 1. The first-order chi connectivity index (χ1) is 15.9. The van der Waals surface area contributed by atoms with Crippen LogP contribution in [0.3, 0.4) is 0 Å². The van der Waals surface area contributed by atoms with Crippen LogP contribution in [0.4, 0.5) is 28.9 Å². The number of aliphatic hydroxyl groups is 1. The minimum absolute atomic E-state index is 0.00395. The molecule has 7 nitrogen and oxygen atoms in total. The SMILES string of the molecule is CC1(C)C(=O)N(c2cnc(C#N)c(C(F)(F)F)c2)C(=S)N1c1ccc(OCCCCO)c(F)c1. The molecule has 2 heterocycles. The third-order valence-corrected chi connectivity index (χ3v) is 5.56. The molecule has 1 saturated heterocycles. The summed E-state index contributed by atoms with van der Waals surface area (Å²) in [5.41, 5.74) is -3.56. The predicted molar refractivity (Wildman–Crippen MR) is 119 cm³/mol. The summed E-state index contributed by atoms with van der Waals surface area (Å²) in [5.74, 6) is -1.40. The third-order valence-electron chi connectivity index (χ3n) is 5.19. The number of hydrogen-bond acceptors (Lipinski definition) is 6. The van der Waals surface area contributed by atoms with E-state index in [1.165, 1.54) is 36.9 Å². The highest BCUT2D eigenvalue weighted by Gasteiger charge is 2.51. The normalized spacial score (nSPS) is 15.6. The molecule has 34 heavy (non-hydrogen) atoms. The van der Waals surface area contributed by atoms with Gasteiger partial charge in [0.05, 0.1) is 24.1 Å². The van der Waals surface area contributed by atoms with Gasteiger partial charge in [0.1, 0.15) is 11.6 Å². The number of nitriles is 1. The van der Waals surface area contributed by atoms with Crippen LogP contribution in [0, 0.1) is 17.1 Å². The number of aromatic nitrogens is 1. The van der Waals surface area contributed by atoms with E-state index in [1.807, 2.05) is 0 Å². The van der Waals surface area contributed by atoms with Gasteiger partial charge in [-0.15, -0.1) is 0 Å². The molecule has 3 rings (SSSR count). The second-order valence-corrected chi connectivity index (χ2v) is 8.28. The summed E-state index contributed by atoms with van der Waals surface area (Å²) >= 11 is 5.40. The molecule has 12 heteroatoms. The third kappa shape index (κ3) is 4.67. The summed E-state index contributed by atoms with van der Waals surface area (Å²) in [6.07, 6.45) is -2.87. The van der Waals surface area contributed by atoms with Crippen molar-refractivity contribution in [2.45, 2.75) is 38.4 Å². The second-order valence-electron chi connectivity index (χ2n) is 7.91. The van der Waals surface area contributed by atoms with Crippen molar-refractivity contribution in [2.24, 2.45) is 0 Å². The highest BCUT2D eigenvalue weighted by atomic mass is 32.1. The molecule has 1 N–H and O–H groups in total. The number of nitrogens with zero attached hydrogens (tertiary/aromatic N) is 4. The van der Waals surface area contributed by atoms with Crippen molar-refractivity contribution >= 4 is 34.6 Å². The highest BCUT2D eigenvalue weighted by Crippen LogP contribution is 2.39. The highest BCUT2D eigenvalue weighted by molar-refractivity contribution is 7.81. The van der Waals surface area contributed by atoms with E-state index in [0.29, 0.717) is 18.9 Å². The first-order valence-electron chi connectivity index (χ1n) is 10.1. The summed E-state index contributed by atoms with van der Waals surface area (Å²) in [4.78, 5) is 18.9. The van der Waals surface area contributed by atoms with Gasteiger partial charge in [-0.25, -0.2) is 9.37 Å². The molecule has 0 aliphatic carbocycles. The van der Waals surface area contributed by atoms with Gasteiger partial charge in [-0.1, -0.05) is 0 Å². The van der Waals surface area contributed by atoms with E-state index in [1.54, 1.807) is 0 Å². The largest absolute Gasteiger partial charge is 0.491 e. The van der Waals surface area contributed by atoms with Gasteiger partial charge in [0, 0.05) is 18.4 Å². The first-order valence-corrected chi connectivity index (χ1v) is 10.5. The standard InChI is InChI=1S/C22H20F4N4O3S/c1-21(2)19(32)29(14-9-15(22(24,25)26)17(11-27)28-12-14)20(34)30(21)13-5-6-18(16(23)10-13)33-8-4-3-7-31/h5-6,9-10,12,31H,3-4,7-8H2,1-2H3. The lowest BCUT2D eigenvalue weighted by Crippen LogP contribution is -2.44. The molecule has 0 spiro atoms. The van der Waals surface area contributed by atoms with Crippen LogP contribution in [0.15, 0.2) is 30.5 Å². The Hall–Kier alpha value is -3.30. The molecule has 1 aromatic carbocycles. The molecule has 1 aromatic heterocycles. The Bertz CT molecular complexity index is 1160. The zero-order chi connectivity index (χ0) is 25.3. The van der Waals surface area contributed by atoms with Crippen LogP contribution in [0.5, 0.6) is 5.75 Å². The quantitative estimate of drug-likeness (QED) is 0.350. The topological polar surface area (TPSA) is 89.7 Å². The average molecular weight is 496 g/mol. The lowest BCUT2D eigenvalue weighted by molar-refractivity contribution is -0.138. The maximum absolute atomic E-state index is 14.7. The summed E-state index contributed by atoms with van der Waals surface area (Å²) in [6, 6.07) is 5.98. The first kappa shape index (κ1) is 25.3. The van der Waals surface area contributed by atoms with Gasteiger partial charge in [-0.2, -0.15) is 18.4 Å². The molecule has 1 amide bonds. The van der Waals surface area contributed by atoms with Crippen LogP contribution in [0.25, 0.3) is 0 Å². The fourth-order valence-corrected chi connectivity index (χ4v) is 4.00. The van der Waals surface area contributed by atoms with Crippen molar-refractivity contribution < 1.29 is 32.2 Å². The molecule has 0 saturated carbocycles. The van der Waals surface area contributed by atoms with Crippen molar-refractivity contribution in [1.29, 1.82) is 5.26 Å². The van der Waals surface area contributed by atoms with Gasteiger partial charge in [0.15, 0.2) is 22.4 Å². The van der Waals surface area contributed by atoms with Crippen LogP contribution < -0.4 is 14.5 Å². The minimum atomic E-state index is -4.87. The number of carbonyl (C=O) groups excluding carboxylic acids is 1. The maximum Gasteiger partial charge on any atom is 0.419 e. The van der Waals surface area contributed by atoms with Crippen LogP contribution >= 0.6 is 12.2 Å². The predicted octanol–water partition coefficient (Wildman–Crippen LogP) is 4.18. The van der Waals surface area contributed by atoms with E-state index in [9.17, 15) is 22.4 Å². The zero-order valence-electron chi connectivity index (χ0n) is 18.2. The molecular formula is C22H20F4N4O3S. The van der Waals surface area contributed by atoms with E-state index in [-0.39, 0.29) is 35.5 Å². The van der Waals surface area contributed by atoms with Crippen molar-refractivity contribution in [3.8, 4) is 11.8 Å². The molecule has 1 aliphatic rings. The number of pyridine rings is 1. The van der Waals surface area contributed by atoms with Crippen molar-refractivity contribution in [1.82, 2.24) is 4.98 Å². The number of aliphatic hydroxyl groups excluding tert-OH is 1. The van der Waals surface area contributed by atoms with Gasteiger partial charge in [0.2, 0.25) is 0 Å². The number of carbonyl (C=O) groups is 1. The van der Waals surface area contributed by atoms with Gasteiger partial charge < -0.3 is 14.7 Å². The summed E-state index contributed by atoms with van der Waals surface area (Å²) < 4.78 is 60.2. The monoisotopic (exact) mass is 496 g/mol. The summed E-state index contributed by atoms with van der Waals surface area (Å²) in [6.45, 7) is 3.20. The molecule has 0 atom stereocenters. The smallest absolute Gasteiger partial charge is 0.419 e. The Morgan fingerprint density at radius 3 is 2.53 bits per heavy atom. The average Bonchev–Trinajstić information content (AvgIpc) is 2.95. The Morgan fingerprint density at radius 2 is 1.94 bits per heavy atom. The maximum atomic E-state index is 14.7. The van der Waals surface area contributed by atoms with Crippen LogP contribution in [0.2, 0.25) is 0 Å². The van der Waals surface area contributed by atoms with Gasteiger partial charge in [-0.3, -0.25) is 9.69 Å². The molecule has 1 aliphatic heterocycles. The number of halogens is 4. The molecular weight excluding hydrogens is 476 g/mol. The van der Waals surface area contributed by atoms with Crippen molar-refractivity contribution in [3.63, 3.8) is 0 Å². The molecule has 0 radical (unpaired) electrons. The van der Waals surface area contributed by atoms with Gasteiger partial charge in [-0.05, 0) is 57.1 Å². The number of rotatable bonds is 7. The number of hydrogen-bond donors (Lipinski definition) is 1. The fraction of sp³-hybridized carbons (Fsp3) is 0.364.